The van der Waals surface area contributed by atoms with Gasteiger partial charge in [-0.2, -0.15) is 0 Å². The molecular formula is C60H64N9O13P. The van der Waals surface area contributed by atoms with Gasteiger partial charge in [-0.15, -0.1) is 0 Å². The summed E-state index contributed by atoms with van der Waals surface area (Å²) in [7, 11) is -3.71. The van der Waals surface area contributed by atoms with Crippen molar-refractivity contribution in [3.05, 3.63) is 142 Å². The standard InChI is InChI=1S/C60H64N9O13P/c1-66-51(71)29-27-49(59(66)78)68-34-43-36(19-13-20-42(43)57(68)76)14-7-3-2-4-12-21-52(72)67-31-30-41-23-26-48(56(75)63-45(25-28-50(61)70)54(73)65-53(37-15-8-5-9-16-37)38-17-10-6-11-18-38)69(41)58(77)47(35-67)64-55(74)46-33-40-32-39(22-24-44(40)62-46)60(79)83(80,81)82/h5-6,8-11,13,15-20,22,24,32-33,41,45,47-49,53,62H,2-4,12,21,23,25-31,34-35H2,1H3,(H2,61,70)(H,63,75)(H,64,74)(H,65,73)(H2,80,81,82)/t41-,45+,47+,48+,49?/m0/s1. The first-order valence-corrected chi connectivity index (χ1v) is 29.2. The molecule has 0 spiro atoms. The van der Waals surface area contributed by atoms with Gasteiger partial charge in [0.15, 0.2) is 0 Å². The Morgan fingerprint density at radius 1 is 0.807 bits per heavy atom. The normalized spacial score (nSPS) is 19.3. The number of imide groups is 1. The van der Waals surface area contributed by atoms with E-state index in [9.17, 15) is 57.5 Å². The van der Waals surface area contributed by atoms with Crippen molar-refractivity contribution in [3.8, 4) is 11.8 Å². The van der Waals surface area contributed by atoms with Gasteiger partial charge < -0.3 is 51.2 Å². The monoisotopic (exact) mass is 1150 g/mol. The number of nitrogens with one attached hydrogen (secondary N) is 4. The predicted octanol–water partition coefficient (Wildman–Crippen LogP) is 3.94. The molecule has 1 unspecified atom stereocenters. The molecule has 0 saturated carbocycles. The molecule has 9 amide bonds. The number of rotatable bonds is 19. The summed E-state index contributed by atoms with van der Waals surface area (Å²) in [6, 6.07) is 23.1. The highest BCUT2D eigenvalue weighted by atomic mass is 31.2. The van der Waals surface area contributed by atoms with Crippen LogP contribution in [0.2, 0.25) is 0 Å². The third-order valence-electron chi connectivity index (χ3n) is 15.8. The Labute approximate surface area is 478 Å². The first-order valence-electron chi connectivity index (χ1n) is 27.6. The van der Waals surface area contributed by atoms with E-state index in [1.807, 2.05) is 66.7 Å². The van der Waals surface area contributed by atoms with Crippen molar-refractivity contribution in [2.45, 2.75) is 120 Å². The van der Waals surface area contributed by atoms with Crippen LogP contribution >= 0.6 is 7.60 Å². The van der Waals surface area contributed by atoms with Crippen LogP contribution in [0.1, 0.15) is 137 Å². The van der Waals surface area contributed by atoms with Gasteiger partial charge in [0.05, 0.1) is 6.04 Å². The SMILES string of the molecule is CN1C(=O)CCC(N2Cc3c(C#CCCCCCC(=O)N4CC[C@@H]5CC[C@H](C(=O)N[C@H](CCC(N)=O)C(=O)NC(c6ccccc6)c6ccccc6)N5C(=O)[C@H](NC(=O)c5cc6cc(C(=O)P(=O)(O)O)ccc6[nH]5)C4)cccc3C2=O)C1=O. The van der Waals surface area contributed by atoms with Crippen LogP contribution in [0.4, 0.5) is 0 Å². The molecule has 5 aromatic rings. The Morgan fingerprint density at radius 3 is 2.23 bits per heavy atom. The lowest BCUT2D eigenvalue weighted by Gasteiger charge is -2.39. The van der Waals surface area contributed by atoms with Crippen molar-refractivity contribution < 1.29 is 62.3 Å². The summed E-state index contributed by atoms with van der Waals surface area (Å²) in [4.78, 5) is 163. The van der Waals surface area contributed by atoms with Crippen LogP contribution in [0.3, 0.4) is 0 Å². The maximum Gasteiger partial charge on any atom is 0.396 e. The highest BCUT2D eigenvalue weighted by Gasteiger charge is 2.47. The second-order valence-electron chi connectivity index (χ2n) is 21.3. The fraction of sp³-hybridized carbons (Fsp3) is 0.367. The van der Waals surface area contributed by atoms with Crippen molar-refractivity contribution in [2.24, 2.45) is 5.73 Å². The number of aromatic nitrogens is 1. The molecule has 0 aliphatic carbocycles. The minimum atomic E-state index is -5.13. The van der Waals surface area contributed by atoms with Crippen molar-refractivity contribution in [1.29, 1.82) is 0 Å². The zero-order chi connectivity index (χ0) is 59.1. The lowest BCUT2D eigenvalue weighted by atomic mass is 9.98. The molecule has 4 aliphatic heterocycles. The number of H-pyrrole nitrogens is 1. The number of unbranched alkanes of at least 4 members (excludes halogenated alkanes) is 3. The predicted molar refractivity (Wildman–Crippen MR) is 301 cm³/mol. The Kier molecular flexibility index (Phi) is 18.1. The van der Waals surface area contributed by atoms with E-state index in [1.54, 1.807) is 12.1 Å². The first kappa shape index (κ1) is 58.9. The molecule has 0 bridgehead atoms. The molecule has 8 N–H and O–H groups in total. The topological polar surface area (TPSA) is 319 Å². The maximum atomic E-state index is 15.0. The lowest BCUT2D eigenvalue weighted by molar-refractivity contribution is -0.150. The van der Waals surface area contributed by atoms with Crippen LogP contribution in [0, 0.1) is 11.8 Å². The second-order valence-corrected chi connectivity index (χ2v) is 22.8. The largest absolute Gasteiger partial charge is 0.396 e. The number of fused-ring (bicyclic) bond motifs is 3. The van der Waals surface area contributed by atoms with E-state index in [0.717, 1.165) is 21.6 Å². The summed E-state index contributed by atoms with van der Waals surface area (Å²) in [6.45, 7) is 0.0874. The fourth-order valence-corrected chi connectivity index (χ4v) is 11.8. The second kappa shape index (κ2) is 25.6. The number of primary amides is 1. The molecular weight excluding hydrogens is 1090 g/mol. The number of benzene rings is 4. The Bertz CT molecular complexity index is 3460. The highest BCUT2D eigenvalue weighted by molar-refractivity contribution is 7.70. The van der Waals surface area contributed by atoms with E-state index in [4.69, 9.17) is 5.73 Å². The minimum absolute atomic E-state index is 0.0775. The Balaban J connectivity index is 0.881. The third-order valence-corrected chi connectivity index (χ3v) is 16.6. The van der Waals surface area contributed by atoms with Gasteiger partial charge in [0.2, 0.25) is 35.4 Å². The Morgan fingerprint density at radius 2 is 1.53 bits per heavy atom. The molecule has 0 radical (unpaired) electrons. The smallest absolute Gasteiger partial charge is 0.370 e. The number of carbonyl (C=O) groups excluding carboxylic acids is 10. The van der Waals surface area contributed by atoms with Crippen LogP contribution in [0.5, 0.6) is 0 Å². The van der Waals surface area contributed by atoms with Crippen LogP contribution in [-0.4, -0.2) is 143 Å². The number of aromatic amines is 1. The molecule has 4 aliphatic rings. The molecule has 4 aromatic carbocycles. The van der Waals surface area contributed by atoms with E-state index in [0.29, 0.717) is 48.7 Å². The van der Waals surface area contributed by atoms with Gasteiger partial charge >= 0.3 is 7.60 Å². The maximum absolute atomic E-state index is 15.0. The van der Waals surface area contributed by atoms with Crippen molar-refractivity contribution >= 4 is 77.2 Å². The fourth-order valence-electron chi connectivity index (χ4n) is 11.4. The summed E-state index contributed by atoms with van der Waals surface area (Å²) in [5.41, 5.74) is 7.49. The van der Waals surface area contributed by atoms with Crippen LogP contribution < -0.4 is 21.7 Å². The lowest BCUT2D eigenvalue weighted by Crippen LogP contribution is -2.62. The molecule has 83 heavy (non-hydrogen) atoms. The summed E-state index contributed by atoms with van der Waals surface area (Å²) < 4.78 is 11.8. The number of hydrogen-bond donors (Lipinski definition) is 7. The van der Waals surface area contributed by atoms with Crippen LogP contribution in [-0.2, 0) is 44.7 Å². The van der Waals surface area contributed by atoms with Gasteiger partial charge in [-0.25, -0.2) is 0 Å². The van der Waals surface area contributed by atoms with Gasteiger partial charge in [0.1, 0.15) is 29.9 Å². The summed E-state index contributed by atoms with van der Waals surface area (Å²) in [5.74, 6) is 1.69. The highest BCUT2D eigenvalue weighted by Crippen LogP contribution is 2.40. The molecule has 23 heteroatoms. The van der Waals surface area contributed by atoms with Gasteiger partial charge in [-0.1, -0.05) is 85.0 Å². The zero-order valence-electron chi connectivity index (χ0n) is 45.6. The van der Waals surface area contributed by atoms with Crippen molar-refractivity contribution in [3.63, 3.8) is 0 Å². The molecule has 3 saturated heterocycles. The Hall–Kier alpha value is -8.77. The van der Waals surface area contributed by atoms with E-state index in [1.165, 1.54) is 46.0 Å². The van der Waals surface area contributed by atoms with E-state index in [-0.39, 0.29) is 98.9 Å². The van der Waals surface area contributed by atoms with Gasteiger partial charge in [-0.3, -0.25) is 57.4 Å². The average Bonchev–Trinajstić information content (AvgIpc) is 4.31. The summed E-state index contributed by atoms with van der Waals surface area (Å²) >= 11 is 0. The number of nitrogens with zero attached hydrogens (tertiary/aromatic N) is 4. The minimum Gasteiger partial charge on any atom is -0.370 e. The van der Waals surface area contributed by atoms with E-state index in [2.05, 4.69) is 32.8 Å². The van der Waals surface area contributed by atoms with E-state index < -0.39 is 84.8 Å². The molecule has 3 fully saturated rings. The molecule has 5 atom stereocenters. The summed E-state index contributed by atoms with van der Waals surface area (Å²) in [6.07, 6.45) is 3.15. The molecule has 432 valence electrons. The number of carbonyl (C=O) groups is 10. The zero-order valence-corrected chi connectivity index (χ0v) is 46.5. The van der Waals surface area contributed by atoms with Crippen LogP contribution in [0.25, 0.3) is 10.9 Å². The van der Waals surface area contributed by atoms with Crippen molar-refractivity contribution in [2.75, 3.05) is 20.1 Å². The van der Waals surface area contributed by atoms with Gasteiger partial charge in [0, 0.05) is 86.0 Å². The number of nitrogens with two attached hydrogens (primary N) is 1. The van der Waals surface area contributed by atoms with Gasteiger partial charge in [-0.05, 0) is 98.0 Å². The van der Waals surface area contributed by atoms with Gasteiger partial charge in [0.25, 0.3) is 23.2 Å². The quantitative estimate of drug-likeness (QED) is 0.0267. The number of likely N-dealkylation sites (N-methyl/N-ethyl adjacent to an activating group) is 1. The first-order chi connectivity index (χ1) is 39.8. The van der Waals surface area contributed by atoms with E-state index >= 15 is 4.79 Å². The number of hydrogen-bond acceptors (Lipinski definition) is 11. The van der Waals surface area contributed by atoms with Crippen LogP contribution in [0.15, 0.2) is 103 Å². The number of likely N-dealkylation sites (tertiary alicyclic amines) is 1. The molecule has 9 rings (SSSR count). The molecule has 5 heterocycles. The number of amides is 9. The molecule has 22 nitrogen and oxygen atoms in total. The number of piperidine rings is 1. The average molecular weight is 1150 g/mol. The summed E-state index contributed by atoms with van der Waals surface area (Å²) in [5, 5.41) is 8.87. The third kappa shape index (κ3) is 13.4. The van der Waals surface area contributed by atoms with Crippen molar-refractivity contribution in [1.82, 2.24) is 40.5 Å². The molecule has 1 aromatic heterocycles.